The van der Waals surface area contributed by atoms with Gasteiger partial charge in [-0.2, -0.15) is 0 Å². The number of hydrogen-bond donors (Lipinski definition) is 0. The van der Waals surface area contributed by atoms with Crippen molar-refractivity contribution in [3.8, 4) is 0 Å². The fourth-order valence-electron chi connectivity index (χ4n) is 1.02. The van der Waals surface area contributed by atoms with E-state index >= 15 is 0 Å². The van der Waals surface area contributed by atoms with Gasteiger partial charge in [-0.15, -0.1) is 0 Å². The number of aliphatic imine (C=N–C) groups is 1. The average Bonchev–Trinajstić information content (AvgIpc) is 2.47. The minimum Gasteiger partial charge on any atom is -0.281 e. The third kappa shape index (κ3) is 1.90. The van der Waals surface area contributed by atoms with Gasteiger partial charge in [-0.3, -0.25) is 4.99 Å². The lowest BCUT2D eigenvalue weighted by molar-refractivity contribution is 1.22. The van der Waals surface area contributed by atoms with Gasteiger partial charge >= 0.3 is 0 Å². The summed E-state index contributed by atoms with van der Waals surface area (Å²) in [6.07, 6.45) is 9.23. The van der Waals surface area contributed by atoms with E-state index in [0.29, 0.717) is 0 Å². The topological polar surface area (TPSA) is 12.4 Å². The first-order chi connectivity index (χ1) is 5.38. The van der Waals surface area contributed by atoms with Gasteiger partial charge in [-0.25, -0.2) is 0 Å². The Labute approximate surface area is 67.8 Å². The van der Waals surface area contributed by atoms with Crippen LogP contribution in [0.25, 0.3) is 0 Å². The average molecular weight is 147 g/mol. The Balaban J connectivity index is 2.66. The van der Waals surface area contributed by atoms with Gasteiger partial charge in [0.05, 0.1) is 12.3 Å². The predicted molar refractivity (Wildman–Crippen MR) is 50.0 cm³/mol. The summed E-state index contributed by atoms with van der Waals surface area (Å²) >= 11 is 0. The maximum atomic E-state index is 4.24. The van der Waals surface area contributed by atoms with E-state index < -0.39 is 0 Å². The highest BCUT2D eigenvalue weighted by Gasteiger charge is 2.03. The molecule has 0 spiro atoms. The van der Waals surface area contributed by atoms with Crippen LogP contribution < -0.4 is 0 Å². The highest BCUT2D eigenvalue weighted by molar-refractivity contribution is 6.11. The first kappa shape index (κ1) is 7.99. The van der Waals surface area contributed by atoms with Crippen molar-refractivity contribution < 1.29 is 0 Å². The lowest BCUT2D eigenvalue weighted by Crippen LogP contribution is -1.90. The molecule has 0 aromatic rings. The molecule has 0 aromatic carbocycles. The van der Waals surface area contributed by atoms with E-state index in [2.05, 4.69) is 36.7 Å². The molecule has 0 saturated heterocycles. The molecular weight excluding hydrogens is 134 g/mol. The summed E-state index contributed by atoms with van der Waals surface area (Å²) in [5.74, 6) is 0. The zero-order chi connectivity index (χ0) is 8.10. The SMILES string of the molecule is C=CC1=NCC=C1/C=C\CC. The predicted octanol–water partition coefficient (Wildman–Crippen LogP) is 2.52. The van der Waals surface area contributed by atoms with Gasteiger partial charge in [0.15, 0.2) is 0 Å². The minimum absolute atomic E-state index is 0.810. The van der Waals surface area contributed by atoms with Gasteiger partial charge in [0.1, 0.15) is 0 Å². The summed E-state index contributed by atoms with van der Waals surface area (Å²) in [6, 6.07) is 0. The molecular formula is C10H13N. The molecule has 58 valence electrons. The van der Waals surface area contributed by atoms with E-state index in [4.69, 9.17) is 0 Å². The summed E-state index contributed by atoms with van der Waals surface area (Å²) in [5, 5.41) is 0. The highest BCUT2D eigenvalue weighted by Crippen LogP contribution is 2.08. The summed E-state index contributed by atoms with van der Waals surface area (Å²) in [7, 11) is 0. The zero-order valence-electron chi connectivity index (χ0n) is 6.88. The van der Waals surface area contributed by atoms with Crippen LogP contribution in [0.4, 0.5) is 0 Å². The molecule has 0 N–H and O–H groups in total. The van der Waals surface area contributed by atoms with E-state index in [9.17, 15) is 0 Å². The van der Waals surface area contributed by atoms with Crippen LogP contribution in [0.3, 0.4) is 0 Å². The Bertz CT molecular complexity index is 231. The van der Waals surface area contributed by atoms with Crippen molar-refractivity contribution >= 4 is 5.71 Å². The lowest BCUT2D eigenvalue weighted by Gasteiger charge is -1.92. The first-order valence-electron chi connectivity index (χ1n) is 3.92. The van der Waals surface area contributed by atoms with Crippen molar-refractivity contribution in [1.82, 2.24) is 0 Å². The van der Waals surface area contributed by atoms with Gasteiger partial charge in [0.25, 0.3) is 0 Å². The van der Waals surface area contributed by atoms with Crippen LogP contribution in [-0.2, 0) is 0 Å². The van der Waals surface area contributed by atoms with E-state index in [1.54, 1.807) is 6.08 Å². The van der Waals surface area contributed by atoms with Crippen LogP contribution in [-0.4, -0.2) is 12.3 Å². The van der Waals surface area contributed by atoms with E-state index in [0.717, 1.165) is 18.7 Å². The van der Waals surface area contributed by atoms with Crippen LogP contribution in [0.2, 0.25) is 0 Å². The first-order valence-corrected chi connectivity index (χ1v) is 3.92. The standard InChI is InChI=1S/C10H13N/c1-3-5-6-9-7-8-11-10(9)4-2/h4-7H,2-3,8H2,1H3/b6-5-. The molecule has 1 aliphatic heterocycles. The second-order valence-electron chi connectivity index (χ2n) is 2.40. The Hall–Kier alpha value is -1.11. The molecule has 0 aromatic heterocycles. The van der Waals surface area contributed by atoms with Crippen molar-refractivity contribution in [2.75, 3.05) is 6.54 Å². The Morgan fingerprint density at radius 3 is 3.18 bits per heavy atom. The van der Waals surface area contributed by atoms with Gasteiger partial charge in [0.2, 0.25) is 0 Å². The van der Waals surface area contributed by atoms with Gasteiger partial charge in [-0.1, -0.05) is 31.7 Å². The summed E-state index contributed by atoms with van der Waals surface area (Å²) in [5.41, 5.74) is 2.23. The number of nitrogens with zero attached hydrogens (tertiary/aromatic N) is 1. The fourth-order valence-corrected chi connectivity index (χ4v) is 1.02. The van der Waals surface area contributed by atoms with E-state index in [1.807, 2.05) is 0 Å². The smallest absolute Gasteiger partial charge is 0.0641 e. The second kappa shape index (κ2) is 3.91. The van der Waals surface area contributed by atoms with Crippen LogP contribution >= 0.6 is 0 Å². The molecule has 1 nitrogen and oxygen atoms in total. The van der Waals surface area contributed by atoms with E-state index in [-0.39, 0.29) is 0 Å². The molecule has 0 bridgehead atoms. The Morgan fingerprint density at radius 1 is 1.73 bits per heavy atom. The van der Waals surface area contributed by atoms with Crippen LogP contribution in [0.5, 0.6) is 0 Å². The lowest BCUT2D eigenvalue weighted by atomic mass is 10.1. The number of hydrogen-bond acceptors (Lipinski definition) is 1. The molecule has 0 aliphatic carbocycles. The normalized spacial score (nSPS) is 16.8. The molecule has 0 radical (unpaired) electrons. The maximum Gasteiger partial charge on any atom is 0.0641 e. The van der Waals surface area contributed by atoms with Gasteiger partial charge in [-0.05, 0) is 18.1 Å². The summed E-state index contributed by atoms with van der Waals surface area (Å²) in [6.45, 7) is 6.63. The molecule has 0 atom stereocenters. The molecule has 0 fully saturated rings. The number of allylic oxidation sites excluding steroid dienone is 4. The highest BCUT2D eigenvalue weighted by atomic mass is 14.7. The van der Waals surface area contributed by atoms with Crippen molar-refractivity contribution in [3.63, 3.8) is 0 Å². The van der Waals surface area contributed by atoms with Crippen molar-refractivity contribution in [3.05, 3.63) is 36.5 Å². The van der Waals surface area contributed by atoms with Crippen molar-refractivity contribution in [1.29, 1.82) is 0 Å². The minimum atomic E-state index is 0.810. The van der Waals surface area contributed by atoms with Crippen LogP contribution in [0.15, 0.2) is 41.4 Å². The monoisotopic (exact) mass is 147 g/mol. The summed E-state index contributed by atoms with van der Waals surface area (Å²) in [4.78, 5) is 4.24. The van der Waals surface area contributed by atoms with Gasteiger partial charge < -0.3 is 0 Å². The zero-order valence-corrected chi connectivity index (χ0v) is 6.88. The van der Waals surface area contributed by atoms with Crippen molar-refractivity contribution in [2.45, 2.75) is 13.3 Å². The molecule has 0 unspecified atom stereocenters. The number of rotatable bonds is 3. The molecule has 1 rings (SSSR count). The Kier molecular flexibility index (Phi) is 2.84. The molecule has 1 aliphatic rings. The van der Waals surface area contributed by atoms with Crippen LogP contribution in [0.1, 0.15) is 13.3 Å². The third-order valence-corrected chi connectivity index (χ3v) is 1.60. The molecule has 11 heavy (non-hydrogen) atoms. The van der Waals surface area contributed by atoms with Crippen molar-refractivity contribution in [2.24, 2.45) is 4.99 Å². The molecule has 0 amide bonds. The second-order valence-corrected chi connectivity index (χ2v) is 2.40. The van der Waals surface area contributed by atoms with E-state index in [1.165, 1.54) is 5.57 Å². The van der Waals surface area contributed by atoms with Gasteiger partial charge in [0, 0.05) is 0 Å². The Morgan fingerprint density at radius 2 is 2.55 bits per heavy atom. The quantitative estimate of drug-likeness (QED) is 0.581. The largest absolute Gasteiger partial charge is 0.281 e. The maximum absolute atomic E-state index is 4.24. The molecule has 1 heteroatoms. The molecule has 1 heterocycles. The summed E-state index contributed by atoms with van der Waals surface area (Å²) < 4.78 is 0. The molecule has 0 saturated carbocycles. The third-order valence-electron chi connectivity index (χ3n) is 1.60. The fraction of sp³-hybridized carbons (Fsp3) is 0.300. The van der Waals surface area contributed by atoms with Crippen LogP contribution in [0, 0.1) is 0 Å².